The molecule has 0 nitrogen and oxygen atoms in total. The highest BCUT2D eigenvalue weighted by Gasteiger charge is 2.07. The molecule has 0 aromatic heterocycles. The Kier molecular flexibility index (Phi) is 7.53. The van der Waals surface area contributed by atoms with Crippen LogP contribution in [0.2, 0.25) is 0 Å². The lowest BCUT2D eigenvalue weighted by molar-refractivity contribution is 0.761. The van der Waals surface area contributed by atoms with E-state index in [2.05, 4.69) is 39.0 Å². The molecular formula is C16H27P. The van der Waals surface area contributed by atoms with Gasteiger partial charge in [0.15, 0.2) is 0 Å². The molecule has 0 radical (unpaired) electrons. The average Bonchev–Trinajstić information content (AvgIpc) is 2.35. The largest absolute Gasteiger partial charge is 0.0904 e. The first-order valence-corrected chi connectivity index (χ1v) is 8.38. The van der Waals surface area contributed by atoms with Gasteiger partial charge in [0.05, 0.1) is 0 Å². The molecule has 0 N–H and O–H groups in total. The maximum absolute atomic E-state index is 2.35. The van der Waals surface area contributed by atoms with Gasteiger partial charge in [-0.05, 0) is 48.3 Å². The molecule has 0 saturated heterocycles. The van der Waals surface area contributed by atoms with Crippen molar-refractivity contribution < 1.29 is 0 Å². The maximum atomic E-state index is 2.35. The van der Waals surface area contributed by atoms with Crippen LogP contribution in [0.15, 0.2) is 18.2 Å². The van der Waals surface area contributed by atoms with Crippen LogP contribution in [-0.4, -0.2) is 6.16 Å². The normalized spacial score (nSPS) is 11.5. The lowest BCUT2D eigenvalue weighted by atomic mass is 9.98. The van der Waals surface area contributed by atoms with Crippen LogP contribution in [0.4, 0.5) is 0 Å². The molecule has 0 spiro atoms. The molecule has 1 unspecified atom stereocenters. The van der Waals surface area contributed by atoms with Crippen molar-refractivity contribution in [2.45, 2.75) is 59.3 Å². The van der Waals surface area contributed by atoms with Crippen LogP contribution in [0.25, 0.3) is 0 Å². The van der Waals surface area contributed by atoms with Gasteiger partial charge in [-0.1, -0.05) is 60.4 Å². The molecule has 0 aliphatic rings. The predicted molar refractivity (Wildman–Crippen MR) is 82.2 cm³/mol. The first kappa shape index (κ1) is 14.7. The minimum absolute atomic E-state index is 0.999. The number of hydrogen-bond donors (Lipinski definition) is 0. The lowest BCUT2D eigenvalue weighted by Crippen LogP contribution is -2.09. The van der Waals surface area contributed by atoms with Gasteiger partial charge in [-0.3, -0.25) is 0 Å². The fraction of sp³-hybridized carbons (Fsp3) is 0.625. The second-order valence-electron chi connectivity index (χ2n) is 4.68. The van der Waals surface area contributed by atoms with E-state index in [1.54, 1.807) is 16.4 Å². The number of unbranched alkanes of at least 4 members (excludes halogenated alkanes) is 2. The van der Waals surface area contributed by atoms with E-state index < -0.39 is 0 Å². The van der Waals surface area contributed by atoms with Gasteiger partial charge >= 0.3 is 0 Å². The molecule has 0 aliphatic heterocycles. The van der Waals surface area contributed by atoms with Crippen LogP contribution in [0.3, 0.4) is 0 Å². The second-order valence-corrected chi connectivity index (χ2v) is 6.28. The van der Waals surface area contributed by atoms with Gasteiger partial charge < -0.3 is 0 Å². The minimum atomic E-state index is 0.999. The van der Waals surface area contributed by atoms with Crippen LogP contribution in [0.1, 0.15) is 57.6 Å². The Bertz CT molecular complexity index is 317. The van der Waals surface area contributed by atoms with Crippen LogP contribution >= 0.6 is 8.58 Å². The van der Waals surface area contributed by atoms with E-state index >= 15 is 0 Å². The standard InChI is InChI=1S/C16H27P/c1-4-7-10-14-11-9-13-16(17-6-3)15(14)12-8-5-2/h9,11,13,17H,4-8,10,12H2,1-3H3. The van der Waals surface area contributed by atoms with Gasteiger partial charge in [0, 0.05) is 0 Å². The summed E-state index contributed by atoms with van der Waals surface area (Å²) in [5, 5.41) is 1.63. The molecule has 0 heterocycles. The SMILES string of the molecule is CCCCc1cccc(PCC)c1CCCC. The Hall–Kier alpha value is -0.350. The molecule has 1 rings (SSSR count). The summed E-state index contributed by atoms with van der Waals surface area (Å²) in [4.78, 5) is 0. The summed E-state index contributed by atoms with van der Waals surface area (Å²) in [5.41, 5.74) is 3.31. The van der Waals surface area contributed by atoms with E-state index in [0.29, 0.717) is 0 Å². The summed E-state index contributed by atoms with van der Waals surface area (Å²) in [6.45, 7) is 6.86. The summed E-state index contributed by atoms with van der Waals surface area (Å²) in [7, 11) is 0.999. The predicted octanol–water partition coefficient (Wildman–Crippen LogP) is 4.70. The van der Waals surface area contributed by atoms with E-state index in [9.17, 15) is 0 Å². The van der Waals surface area contributed by atoms with Crippen molar-refractivity contribution in [1.82, 2.24) is 0 Å². The van der Waals surface area contributed by atoms with Gasteiger partial charge in [0.25, 0.3) is 0 Å². The summed E-state index contributed by atoms with van der Waals surface area (Å²) < 4.78 is 0. The minimum Gasteiger partial charge on any atom is -0.0904 e. The molecule has 0 aliphatic carbocycles. The van der Waals surface area contributed by atoms with E-state index in [0.717, 1.165) is 8.58 Å². The second kappa shape index (κ2) is 8.70. The zero-order valence-electron chi connectivity index (χ0n) is 11.7. The summed E-state index contributed by atoms with van der Waals surface area (Å²) in [6, 6.07) is 6.96. The van der Waals surface area contributed by atoms with Crippen LogP contribution in [0.5, 0.6) is 0 Å². The molecular weight excluding hydrogens is 223 g/mol. The number of aryl methyl sites for hydroxylation is 1. The van der Waals surface area contributed by atoms with E-state index in [1.807, 2.05) is 0 Å². The van der Waals surface area contributed by atoms with Crippen molar-refractivity contribution in [3.8, 4) is 0 Å². The van der Waals surface area contributed by atoms with Gasteiger partial charge in [-0.2, -0.15) is 0 Å². The Morgan fingerprint density at radius 1 is 0.941 bits per heavy atom. The van der Waals surface area contributed by atoms with E-state index in [4.69, 9.17) is 0 Å². The number of hydrogen-bond acceptors (Lipinski definition) is 0. The van der Waals surface area contributed by atoms with Crippen molar-refractivity contribution in [3.05, 3.63) is 29.3 Å². The molecule has 17 heavy (non-hydrogen) atoms. The van der Waals surface area contributed by atoms with Crippen molar-refractivity contribution in [3.63, 3.8) is 0 Å². The molecule has 0 bridgehead atoms. The third-order valence-corrected chi connectivity index (χ3v) is 4.42. The van der Waals surface area contributed by atoms with E-state index in [1.165, 1.54) is 44.7 Å². The first-order chi connectivity index (χ1) is 8.33. The average molecular weight is 250 g/mol. The van der Waals surface area contributed by atoms with Crippen molar-refractivity contribution in [1.29, 1.82) is 0 Å². The Balaban J connectivity index is 2.87. The lowest BCUT2D eigenvalue weighted by Gasteiger charge is -2.14. The number of benzene rings is 1. The summed E-state index contributed by atoms with van der Waals surface area (Å²) in [6.07, 6.45) is 9.12. The Labute approximate surface area is 109 Å². The maximum Gasteiger partial charge on any atom is -0.0237 e. The molecule has 0 fully saturated rings. The van der Waals surface area contributed by atoms with Gasteiger partial charge in [0.2, 0.25) is 0 Å². The smallest absolute Gasteiger partial charge is 0.0237 e. The van der Waals surface area contributed by atoms with Crippen molar-refractivity contribution in [2.75, 3.05) is 6.16 Å². The highest BCUT2D eigenvalue weighted by atomic mass is 31.1. The van der Waals surface area contributed by atoms with Crippen LogP contribution in [0, 0.1) is 0 Å². The van der Waals surface area contributed by atoms with Crippen LogP contribution in [-0.2, 0) is 12.8 Å². The quantitative estimate of drug-likeness (QED) is 0.587. The summed E-state index contributed by atoms with van der Waals surface area (Å²) >= 11 is 0. The zero-order chi connectivity index (χ0) is 12.5. The highest BCUT2D eigenvalue weighted by Crippen LogP contribution is 2.20. The number of rotatable bonds is 8. The van der Waals surface area contributed by atoms with Gasteiger partial charge in [-0.15, -0.1) is 0 Å². The fourth-order valence-electron chi connectivity index (χ4n) is 2.24. The van der Waals surface area contributed by atoms with E-state index in [-0.39, 0.29) is 0 Å². The van der Waals surface area contributed by atoms with Crippen LogP contribution < -0.4 is 5.30 Å². The molecule has 0 saturated carbocycles. The topological polar surface area (TPSA) is 0 Å². The van der Waals surface area contributed by atoms with Crippen molar-refractivity contribution >= 4 is 13.9 Å². The Morgan fingerprint density at radius 3 is 2.29 bits per heavy atom. The third-order valence-electron chi connectivity index (χ3n) is 3.22. The Morgan fingerprint density at radius 2 is 1.65 bits per heavy atom. The molecule has 1 atom stereocenters. The first-order valence-electron chi connectivity index (χ1n) is 7.18. The van der Waals surface area contributed by atoms with Gasteiger partial charge in [0.1, 0.15) is 0 Å². The highest BCUT2D eigenvalue weighted by molar-refractivity contribution is 7.47. The molecule has 1 heteroatoms. The monoisotopic (exact) mass is 250 g/mol. The third kappa shape index (κ3) is 4.80. The molecule has 96 valence electrons. The van der Waals surface area contributed by atoms with Gasteiger partial charge in [-0.25, -0.2) is 0 Å². The summed E-state index contributed by atoms with van der Waals surface area (Å²) in [5.74, 6) is 0. The molecule has 1 aromatic carbocycles. The fourth-order valence-corrected chi connectivity index (χ4v) is 3.33. The van der Waals surface area contributed by atoms with Crippen molar-refractivity contribution in [2.24, 2.45) is 0 Å². The molecule has 1 aromatic rings. The zero-order valence-corrected chi connectivity index (χ0v) is 12.7. The molecule has 0 amide bonds.